The summed E-state index contributed by atoms with van der Waals surface area (Å²) in [4.78, 5) is 23.6. The van der Waals surface area contributed by atoms with Crippen LogP contribution in [0, 0.1) is 0 Å². The number of amides is 2. The van der Waals surface area contributed by atoms with Gasteiger partial charge in [0.25, 0.3) is 0 Å². The molecule has 0 fully saturated rings. The first kappa shape index (κ1) is 23.9. The molecule has 0 heterocycles. The maximum absolute atomic E-state index is 12.5. The van der Waals surface area contributed by atoms with Crippen LogP contribution in [0.5, 0.6) is 5.75 Å². The number of rotatable bonds is 10. The Morgan fingerprint density at radius 2 is 1.52 bits per heavy atom. The van der Waals surface area contributed by atoms with Gasteiger partial charge in [0.1, 0.15) is 5.75 Å². The van der Waals surface area contributed by atoms with Crippen LogP contribution in [0.1, 0.15) is 49.7 Å². The molecule has 6 nitrogen and oxygen atoms in total. The number of carbonyl (C=O) groups is 2. The Bertz CT molecular complexity index is 897. The first-order chi connectivity index (χ1) is 14.8. The van der Waals surface area contributed by atoms with Gasteiger partial charge in [0.05, 0.1) is 17.5 Å². The smallest absolute Gasteiger partial charge is 0.416 e. The molecule has 2 rings (SSSR count). The first-order valence-electron chi connectivity index (χ1n) is 9.83. The number of alkyl halides is 3. The van der Waals surface area contributed by atoms with Crippen molar-refractivity contribution in [1.82, 2.24) is 5.43 Å². The molecule has 0 unspecified atom stereocenters. The van der Waals surface area contributed by atoms with Gasteiger partial charge in [-0.25, -0.2) is 5.43 Å². The predicted octanol–water partition coefficient (Wildman–Crippen LogP) is 4.84. The number of hydrogen-bond acceptors (Lipinski definition) is 4. The molecule has 2 aromatic rings. The van der Waals surface area contributed by atoms with Crippen molar-refractivity contribution in [1.29, 1.82) is 0 Å². The third-order valence-electron chi connectivity index (χ3n) is 4.38. The quantitative estimate of drug-likeness (QED) is 0.216. The molecule has 0 aliphatic heterocycles. The number of phenols is 1. The molecular formula is C22H24F3N3O3. The van der Waals surface area contributed by atoms with Crippen LogP contribution in [0.2, 0.25) is 0 Å². The third kappa shape index (κ3) is 8.90. The number of nitrogens with one attached hydrogen (secondary N) is 2. The lowest BCUT2D eigenvalue weighted by atomic mass is 10.1. The van der Waals surface area contributed by atoms with Gasteiger partial charge in [0.15, 0.2) is 0 Å². The van der Waals surface area contributed by atoms with E-state index in [-0.39, 0.29) is 24.0 Å². The largest absolute Gasteiger partial charge is 0.506 e. The van der Waals surface area contributed by atoms with Crippen LogP contribution in [0.3, 0.4) is 0 Å². The van der Waals surface area contributed by atoms with Gasteiger partial charge >= 0.3 is 6.18 Å². The lowest BCUT2D eigenvalue weighted by Crippen LogP contribution is -2.17. The fraction of sp³-hybridized carbons (Fsp3) is 0.318. The average Bonchev–Trinajstić information content (AvgIpc) is 2.72. The molecule has 0 aromatic heterocycles. The Hall–Kier alpha value is -3.36. The molecule has 0 bridgehead atoms. The molecule has 0 aliphatic rings. The summed E-state index contributed by atoms with van der Waals surface area (Å²) in [6.45, 7) is 0. The van der Waals surface area contributed by atoms with E-state index in [1.807, 2.05) is 0 Å². The van der Waals surface area contributed by atoms with Crippen LogP contribution in [0.15, 0.2) is 53.6 Å². The van der Waals surface area contributed by atoms with Crippen molar-refractivity contribution in [2.45, 2.75) is 44.7 Å². The molecule has 0 aliphatic carbocycles. The second-order valence-electron chi connectivity index (χ2n) is 6.89. The summed E-state index contributed by atoms with van der Waals surface area (Å²) in [5, 5.41) is 16.0. The number of unbranched alkanes of at least 4 members (excludes halogenated alkanes) is 3. The van der Waals surface area contributed by atoms with Crippen molar-refractivity contribution in [3.8, 4) is 5.75 Å². The molecule has 9 heteroatoms. The summed E-state index contributed by atoms with van der Waals surface area (Å²) in [6, 6.07) is 10.9. The van der Waals surface area contributed by atoms with Crippen LogP contribution < -0.4 is 10.7 Å². The van der Waals surface area contributed by atoms with Gasteiger partial charge in [0.2, 0.25) is 11.8 Å². The second kappa shape index (κ2) is 11.7. The lowest BCUT2D eigenvalue weighted by molar-refractivity contribution is -0.137. The summed E-state index contributed by atoms with van der Waals surface area (Å²) in [7, 11) is 0. The maximum atomic E-state index is 12.5. The van der Waals surface area contributed by atoms with Crippen LogP contribution in [0.25, 0.3) is 0 Å². The van der Waals surface area contributed by atoms with Gasteiger partial charge in [-0.15, -0.1) is 0 Å². The molecule has 0 spiro atoms. The number of hydrazone groups is 1. The third-order valence-corrected chi connectivity index (χ3v) is 4.38. The first-order valence-corrected chi connectivity index (χ1v) is 9.83. The molecule has 31 heavy (non-hydrogen) atoms. The number of aromatic hydroxyl groups is 1. The summed E-state index contributed by atoms with van der Waals surface area (Å²) in [6.07, 6.45) is 0.290. The number of carbonyl (C=O) groups excluding carboxylic acids is 2. The van der Waals surface area contributed by atoms with Gasteiger partial charge < -0.3 is 10.4 Å². The SMILES string of the molecule is O=C(CCCCCCC(=O)Nc1ccccc1O)N/N=C/c1ccc(C(F)(F)F)cc1. The summed E-state index contributed by atoms with van der Waals surface area (Å²) < 4.78 is 37.5. The molecule has 2 amide bonds. The minimum atomic E-state index is -4.39. The molecule has 166 valence electrons. The Kier molecular flexibility index (Phi) is 9.05. The number of benzene rings is 2. The number of halogens is 3. The molecule has 0 radical (unpaired) electrons. The van der Waals surface area contributed by atoms with Crippen molar-refractivity contribution in [2.24, 2.45) is 5.10 Å². The molecule has 0 atom stereocenters. The molecule has 2 aromatic carbocycles. The van der Waals surface area contributed by atoms with Crippen molar-refractivity contribution in [3.63, 3.8) is 0 Å². The number of hydrogen-bond donors (Lipinski definition) is 3. The van der Waals surface area contributed by atoms with Gasteiger partial charge in [-0.1, -0.05) is 37.1 Å². The number of phenolic OH excluding ortho intramolecular Hbond substituents is 1. The zero-order valence-electron chi connectivity index (χ0n) is 16.8. The van der Waals surface area contributed by atoms with Crippen LogP contribution in [-0.2, 0) is 15.8 Å². The highest BCUT2D eigenvalue weighted by Gasteiger charge is 2.29. The van der Waals surface area contributed by atoms with E-state index >= 15 is 0 Å². The molecule has 0 saturated heterocycles. The van der Waals surface area contributed by atoms with E-state index in [4.69, 9.17) is 0 Å². The number of nitrogens with zero attached hydrogens (tertiary/aromatic N) is 1. The van der Waals surface area contributed by atoms with E-state index in [0.29, 0.717) is 30.5 Å². The predicted molar refractivity (Wildman–Crippen MR) is 112 cm³/mol. The van der Waals surface area contributed by atoms with E-state index in [2.05, 4.69) is 15.8 Å². The Balaban J connectivity index is 1.56. The summed E-state index contributed by atoms with van der Waals surface area (Å²) in [5.74, 6) is -0.458. The van der Waals surface area contributed by atoms with Crippen LogP contribution >= 0.6 is 0 Å². The van der Waals surface area contributed by atoms with E-state index in [1.165, 1.54) is 24.4 Å². The second-order valence-corrected chi connectivity index (χ2v) is 6.89. The van der Waals surface area contributed by atoms with Crippen molar-refractivity contribution in [3.05, 3.63) is 59.7 Å². The van der Waals surface area contributed by atoms with Gasteiger partial charge in [-0.2, -0.15) is 18.3 Å². The van der Waals surface area contributed by atoms with E-state index in [0.717, 1.165) is 25.0 Å². The van der Waals surface area contributed by atoms with E-state index in [9.17, 15) is 27.9 Å². The van der Waals surface area contributed by atoms with Crippen molar-refractivity contribution >= 4 is 23.7 Å². The van der Waals surface area contributed by atoms with Crippen molar-refractivity contribution in [2.75, 3.05) is 5.32 Å². The highest BCUT2D eigenvalue weighted by Crippen LogP contribution is 2.28. The molecular weight excluding hydrogens is 411 g/mol. The highest BCUT2D eigenvalue weighted by atomic mass is 19.4. The fourth-order valence-corrected chi connectivity index (χ4v) is 2.71. The Labute approximate surface area is 178 Å². The maximum Gasteiger partial charge on any atom is 0.416 e. The highest BCUT2D eigenvalue weighted by molar-refractivity contribution is 5.92. The van der Waals surface area contributed by atoms with E-state index in [1.54, 1.807) is 18.2 Å². The summed E-state index contributed by atoms with van der Waals surface area (Å²) >= 11 is 0. The van der Waals surface area contributed by atoms with Gasteiger partial charge in [-0.3, -0.25) is 9.59 Å². The zero-order valence-corrected chi connectivity index (χ0v) is 16.8. The lowest BCUT2D eigenvalue weighted by Gasteiger charge is -2.07. The van der Waals surface area contributed by atoms with Crippen LogP contribution in [-0.4, -0.2) is 23.1 Å². The number of para-hydroxylation sites is 2. The Morgan fingerprint density at radius 3 is 2.13 bits per heavy atom. The fourth-order valence-electron chi connectivity index (χ4n) is 2.71. The molecule has 0 saturated carbocycles. The topological polar surface area (TPSA) is 90.8 Å². The van der Waals surface area contributed by atoms with Gasteiger partial charge in [-0.05, 0) is 42.7 Å². The normalized spacial score (nSPS) is 11.5. The standard InChI is InChI=1S/C22H24F3N3O3/c23-22(24,25)17-13-11-16(12-14-17)15-26-28-21(31)10-4-2-1-3-9-20(30)27-18-7-5-6-8-19(18)29/h5-8,11-15,29H,1-4,9-10H2,(H,27,30)(H,28,31)/b26-15+. The number of anilines is 1. The average molecular weight is 435 g/mol. The van der Waals surface area contributed by atoms with Gasteiger partial charge in [0, 0.05) is 12.8 Å². The zero-order chi connectivity index (χ0) is 22.7. The monoisotopic (exact) mass is 435 g/mol. The van der Waals surface area contributed by atoms with Crippen LogP contribution in [0.4, 0.5) is 18.9 Å². The minimum absolute atomic E-state index is 0.0165. The summed E-state index contributed by atoms with van der Waals surface area (Å²) in [5.41, 5.74) is 2.41. The molecule has 3 N–H and O–H groups in total. The Morgan fingerprint density at radius 1 is 0.903 bits per heavy atom. The van der Waals surface area contributed by atoms with Crippen molar-refractivity contribution < 1.29 is 27.9 Å². The van der Waals surface area contributed by atoms with E-state index < -0.39 is 11.7 Å². The minimum Gasteiger partial charge on any atom is -0.506 e.